The molecule has 2 aromatic rings. The first-order chi connectivity index (χ1) is 9.15. The first-order valence-electron chi connectivity index (χ1n) is 5.81. The van der Waals surface area contributed by atoms with Gasteiger partial charge in [-0.25, -0.2) is 0 Å². The van der Waals surface area contributed by atoms with E-state index < -0.39 is 5.91 Å². The monoisotopic (exact) mass is 262 g/mol. The number of fused-ring (bicyclic) bond motifs is 1. The highest BCUT2D eigenvalue weighted by Gasteiger charge is 2.14. The van der Waals surface area contributed by atoms with Crippen LogP contribution in [0.4, 0.5) is 0 Å². The minimum atomic E-state index is -0.514. The summed E-state index contributed by atoms with van der Waals surface area (Å²) in [6.45, 7) is 1.69. The molecule has 0 aliphatic carbocycles. The quantitative estimate of drug-likeness (QED) is 0.823. The molecule has 100 valence electrons. The van der Waals surface area contributed by atoms with Crippen molar-refractivity contribution < 1.29 is 18.7 Å². The summed E-state index contributed by atoms with van der Waals surface area (Å²) in [5.74, 6) is -0.0594. The van der Waals surface area contributed by atoms with Gasteiger partial charge >= 0.3 is 5.91 Å². The van der Waals surface area contributed by atoms with E-state index in [9.17, 15) is 9.59 Å². The molecule has 0 aliphatic heterocycles. The summed E-state index contributed by atoms with van der Waals surface area (Å²) in [5.41, 5.74) is 5.10. The fourth-order valence-corrected chi connectivity index (χ4v) is 1.60. The predicted octanol–water partition coefficient (Wildman–Crippen LogP) is 1.61. The highest BCUT2D eigenvalue weighted by Crippen LogP contribution is 2.28. The lowest BCUT2D eigenvalue weighted by molar-refractivity contribution is -0.121. The molecule has 0 spiro atoms. The fraction of sp³-hybridized carbons (Fsp3) is 0.231. The Morgan fingerprint density at radius 3 is 2.79 bits per heavy atom. The molecule has 2 rings (SSSR count). The van der Waals surface area contributed by atoms with Crippen LogP contribution in [0.25, 0.3) is 11.0 Å². The van der Waals surface area contributed by atoms with Crippen LogP contribution < -0.4 is 15.6 Å². The topological polar surface area (TPSA) is 80.6 Å². The second-order valence-electron chi connectivity index (χ2n) is 3.84. The zero-order valence-electron chi connectivity index (χ0n) is 10.6. The lowest BCUT2D eigenvalue weighted by Crippen LogP contribution is -2.41. The Morgan fingerprint density at radius 2 is 2.11 bits per heavy atom. The molecule has 6 heteroatoms. The van der Waals surface area contributed by atoms with Crippen molar-refractivity contribution in [2.75, 3.05) is 7.11 Å². The standard InChI is InChI=1S/C13H14N2O4/c1-3-12(16)14-15-13(17)11-7-8-9(18-2)5-4-6-10(8)19-11/h4-7H,3H2,1-2H3,(H,14,16)(H,15,17). The second kappa shape index (κ2) is 5.43. The van der Waals surface area contributed by atoms with Crippen molar-refractivity contribution in [1.29, 1.82) is 0 Å². The van der Waals surface area contributed by atoms with Crippen LogP contribution >= 0.6 is 0 Å². The van der Waals surface area contributed by atoms with Crippen molar-refractivity contribution in [1.82, 2.24) is 10.9 Å². The molecule has 0 atom stereocenters. The number of furan rings is 1. The number of methoxy groups -OCH3 is 1. The van der Waals surface area contributed by atoms with Crippen LogP contribution in [-0.2, 0) is 4.79 Å². The molecule has 0 fully saturated rings. The number of rotatable bonds is 3. The van der Waals surface area contributed by atoms with Gasteiger partial charge in [0.1, 0.15) is 11.3 Å². The maximum Gasteiger partial charge on any atom is 0.305 e. The number of carbonyl (C=O) groups excluding carboxylic acids is 2. The van der Waals surface area contributed by atoms with E-state index in [0.29, 0.717) is 16.7 Å². The van der Waals surface area contributed by atoms with Gasteiger partial charge in [0.05, 0.1) is 12.5 Å². The Balaban J connectivity index is 2.21. The number of hydrazine groups is 1. The molecule has 0 bridgehead atoms. The minimum absolute atomic E-state index is 0.107. The van der Waals surface area contributed by atoms with Gasteiger partial charge in [0.15, 0.2) is 5.76 Å². The zero-order chi connectivity index (χ0) is 13.8. The molecule has 1 heterocycles. The lowest BCUT2D eigenvalue weighted by Gasteiger charge is -2.03. The van der Waals surface area contributed by atoms with Crippen molar-refractivity contribution in [3.8, 4) is 5.75 Å². The van der Waals surface area contributed by atoms with Gasteiger partial charge in [-0.3, -0.25) is 20.4 Å². The van der Waals surface area contributed by atoms with Gasteiger partial charge in [-0.15, -0.1) is 0 Å². The third kappa shape index (κ3) is 2.67. The number of nitrogens with one attached hydrogen (secondary N) is 2. The van der Waals surface area contributed by atoms with Crippen molar-refractivity contribution >= 4 is 22.8 Å². The van der Waals surface area contributed by atoms with Crippen LogP contribution in [0, 0.1) is 0 Å². The Labute approximate surface area is 109 Å². The average Bonchev–Trinajstić information content (AvgIpc) is 2.88. The first kappa shape index (κ1) is 12.9. The minimum Gasteiger partial charge on any atom is -0.496 e. The normalized spacial score (nSPS) is 10.2. The van der Waals surface area contributed by atoms with Gasteiger partial charge in [0, 0.05) is 12.5 Å². The molecule has 2 amide bonds. The summed E-state index contributed by atoms with van der Waals surface area (Å²) in [6.07, 6.45) is 0.286. The number of benzene rings is 1. The highest BCUT2D eigenvalue weighted by molar-refractivity contribution is 5.98. The fourth-order valence-electron chi connectivity index (χ4n) is 1.60. The number of carbonyl (C=O) groups is 2. The van der Waals surface area contributed by atoms with Crippen molar-refractivity contribution in [3.63, 3.8) is 0 Å². The SMILES string of the molecule is CCC(=O)NNC(=O)c1cc2c(OC)cccc2o1. The van der Waals surface area contributed by atoms with Crippen LogP contribution in [-0.4, -0.2) is 18.9 Å². The molecular formula is C13H14N2O4. The molecule has 0 saturated heterocycles. The smallest absolute Gasteiger partial charge is 0.305 e. The molecule has 2 N–H and O–H groups in total. The molecular weight excluding hydrogens is 248 g/mol. The van der Waals surface area contributed by atoms with E-state index in [4.69, 9.17) is 9.15 Å². The third-order valence-electron chi connectivity index (χ3n) is 2.60. The number of hydrogen-bond acceptors (Lipinski definition) is 4. The van der Waals surface area contributed by atoms with Crippen molar-refractivity contribution in [2.24, 2.45) is 0 Å². The van der Waals surface area contributed by atoms with Gasteiger partial charge in [-0.05, 0) is 12.1 Å². The molecule has 0 radical (unpaired) electrons. The summed E-state index contributed by atoms with van der Waals surface area (Å²) < 4.78 is 10.6. The van der Waals surface area contributed by atoms with Gasteiger partial charge in [-0.2, -0.15) is 0 Å². The third-order valence-corrected chi connectivity index (χ3v) is 2.60. The van der Waals surface area contributed by atoms with Gasteiger partial charge < -0.3 is 9.15 Å². The van der Waals surface area contributed by atoms with Crippen LogP contribution in [0.3, 0.4) is 0 Å². The van der Waals surface area contributed by atoms with Crippen LogP contribution in [0.15, 0.2) is 28.7 Å². The summed E-state index contributed by atoms with van der Waals surface area (Å²) in [6, 6.07) is 6.85. The van der Waals surface area contributed by atoms with E-state index >= 15 is 0 Å². The molecule has 6 nitrogen and oxygen atoms in total. The van der Waals surface area contributed by atoms with Gasteiger partial charge in [-0.1, -0.05) is 13.0 Å². The van der Waals surface area contributed by atoms with Crippen LogP contribution in [0.2, 0.25) is 0 Å². The highest BCUT2D eigenvalue weighted by atomic mass is 16.5. The Morgan fingerprint density at radius 1 is 1.32 bits per heavy atom. The molecule has 1 aromatic carbocycles. The van der Waals surface area contributed by atoms with Crippen LogP contribution in [0.1, 0.15) is 23.9 Å². The maximum absolute atomic E-state index is 11.8. The molecule has 1 aromatic heterocycles. The predicted molar refractivity (Wildman–Crippen MR) is 68.7 cm³/mol. The molecule has 0 unspecified atom stereocenters. The van der Waals surface area contributed by atoms with E-state index in [1.165, 1.54) is 0 Å². The van der Waals surface area contributed by atoms with Crippen molar-refractivity contribution in [3.05, 3.63) is 30.0 Å². The number of hydrogen-bond donors (Lipinski definition) is 2. The van der Waals surface area contributed by atoms with E-state index in [2.05, 4.69) is 10.9 Å². The summed E-state index contributed by atoms with van der Waals surface area (Å²) >= 11 is 0. The maximum atomic E-state index is 11.8. The van der Waals surface area contributed by atoms with Gasteiger partial charge in [0.2, 0.25) is 5.91 Å². The number of ether oxygens (including phenoxy) is 1. The van der Waals surface area contributed by atoms with E-state index in [1.54, 1.807) is 38.3 Å². The van der Waals surface area contributed by atoms with Crippen molar-refractivity contribution in [2.45, 2.75) is 13.3 Å². The molecule has 0 saturated carbocycles. The Hall–Kier alpha value is -2.50. The summed E-state index contributed by atoms with van der Waals surface area (Å²) in [7, 11) is 1.54. The lowest BCUT2D eigenvalue weighted by atomic mass is 10.2. The molecule has 19 heavy (non-hydrogen) atoms. The second-order valence-corrected chi connectivity index (χ2v) is 3.84. The summed E-state index contributed by atoms with van der Waals surface area (Å²) in [5, 5.41) is 0.706. The van der Waals surface area contributed by atoms with E-state index in [0.717, 1.165) is 0 Å². The molecule has 0 aliphatic rings. The largest absolute Gasteiger partial charge is 0.496 e. The van der Waals surface area contributed by atoms with E-state index in [-0.39, 0.29) is 18.1 Å². The summed E-state index contributed by atoms with van der Waals surface area (Å²) in [4.78, 5) is 22.8. The Kier molecular flexibility index (Phi) is 3.70. The van der Waals surface area contributed by atoms with Crippen LogP contribution in [0.5, 0.6) is 5.75 Å². The zero-order valence-corrected chi connectivity index (χ0v) is 10.6. The average molecular weight is 262 g/mol. The Bertz CT molecular complexity index is 618. The number of amides is 2. The van der Waals surface area contributed by atoms with Gasteiger partial charge in [0.25, 0.3) is 0 Å². The first-order valence-corrected chi connectivity index (χ1v) is 5.81. The van der Waals surface area contributed by atoms with E-state index in [1.807, 2.05) is 0 Å².